The van der Waals surface area contributed by atoms with Gasteiger partial charge in [-0.2, -0.15) is 13.2 Å². The summed E-state index contributed by atoms with van der Waals surface area (Å²) in [6, 6.07) is 8.16. The average molecular weight is 294 g/mol. The molecule has 0 saturated carbocycles. The van der Waals surface area contributed by atoms with E-state index in [4.69, 9.17) is 10.00 Å². The van der Waals surface area contributed by atoms with Gasteiger partial charge >= 0.3 is 6.18 Å². The molecule has 0 aliphatic heterocycles. The van der Waals surface area contributed by atoms with Gasteiger partial charge < -0.3 is 9.47 Å². The molecule has 1 aromatic carbocycles. The van der Waals surface area contributed by atoms with Crippen molar-refractivity contribution >= 4 is 0 Å². The van der Waals surface area contributed by atoms with Gasteiger partial charge in [0.2, 0.25) is 5.88 Å². The Bertz CT molecular complexity index is 652. The van der Waals surface area contributed by atoms with E-state index in [0.717, 1.165) is 6.07 Å². The maximum absolute atomic E-state index is 13.0. The number of ether oxygens (including phenoxy) is 2. The van der Waals surface area contributed by atoms with Gasteiger partial charge in [0.1, 0.15) is 12.4 Å². The first kappa shape index (κ1) is 14.7. The van der Waals surface area contributed by atoms with E-state index in [1.807, 2.05) is 0 Å². The highest BCUT2D eigenvalue weighted by atomic mass is 19.4. The Morgan fingerprint density at radius 3 is 2.57 bits per heavy atom. The number of hydrogen-bond donors (Lipinski definition) is 0. The fourth-order valence-electron chi connectivity index (χ4n) is 1.70. The Morgan fingerprint density at radius 2 is 1.95 bits per heavy atom. The van der Waals surface area contributed by atoms with Crippen molar-refractivity contribution in [2.75, 3.05) is 0 Å². The van der Waals surface area contributed by atoms with Crippen molar-refractivity contribution in [3.8, 4) is 17.9 Å². The molecule has 0 spiro atoms. The van der Waals surface area contributed by atoms with Gasteiger partial charge in [0.25, 0.3) is 6.26 Å². The van der Waals surface area contributed by atoms with E-state index in [1.165, 1.54) is 30.7 Å². The molecule has 7 heteroatoms. The van der Waals surface area contributed by atoms with Gasteiger partial charge in [-0.15, -0.1) is 5.26 Å². The Kier molecular flexibility index (Phi) is 4.28. The highest BCUT2D eigenvalue weighted by Crippen LogP contribution is 2.36. The molecule has 2 aromatic rings. The van der Waals surface area contributed by atoms with E-state index in [2.05, 4.69) is 9.72 Å². The van der Waals surface area contributed by atoms with E-state index in [0.29, 0.717) is 0 Å². The van der Waals surface area contributed by atoms with Gasteiger partial charge in [-0.25, -0.2) is 4.98 Å². The van der Waals surface area contributed by atoms with Crippen LogP contribution in [0.3, 0.4) is 0 Å². The molecule has 1 heterocycles. The van der Waals surface area contributed by atoms with Crippen LogP contribution >= 0.6 is 0 Å². The third-order valence-electron chi connectivity index (χ3n) is 2.60. The molecule has 0 amide bonds. The van der Waals surface area contributed by atoms with E-state index in [1.54, 1.807) is 12.1 Å². The van der Waals surface area contributed by atoms with Crippen LogP contribution in [0, 0.1) is 11.5 Å². The molecule has 1 aromatic heterocycles. The lowest BCUT2D eigenvalue weighted by Gasteiger charge is -2.15. The molecule has 4 nitrogen and oxygen atoms in total. The van der Waals surface area contributed by atoms with Crippen LogP contribution in [-0.4, -0.2) is 4.98 Å². The molecule has 0 aliphatic carbocycles. The normalized spacial score (nSPS) is 10.8. The molecule has 0 atom stereocenters. The number of hydrogen-bond acceptors (Lipinski definition) is 4. The molecule has 108 valence electrons. The van der Waals surface area contributed by atoms with Crippen molar-refractivity contribution in [3.05, 3.63) is 53.7 Å². The number of pyridine rings is 1. The highest BCUT2D eigenvalue weighted by molar-refractivity contribution is 5.42. The Balaban J connectivity index is 2.33. The van der Waals surface area contributed by atoms with Crippen LogP contribution < -0.4 is 9.47 Å². The standard InChI is InChI=1S/C14H9F3N2O2/c15-14(16,17)11-4-3-5-12(21-9-18)10(11)8-20-13-6-1-2-7-19-13/h1-7H,8H2. The van der Waals surface area contributed by atoms with E-state index >= 15 is 0 Å². The molecule has 0 bridgehead atoms. The van der Waals surface area contributed by atoms with Crippen LogP contribution in [0.5, 0.6) is 11.6 Å². The zero-order valence-electron chi connectivity index (χ0n) is 10.6. The lowest BCUT2D eigenvalue weighted by Crippen LogP contribution is -2.12. The van der Waals surface area contributed by atoms with Crippen molar-refractivity contribution in [3.63, 3.8) is 0 Å². The second kappa shape index (κ2) is 6.13. The van der Waals surface area contributed by atoms with Crippen molar-refractivity contribution in [1.29, 1.82) is 5.26 Å². The smallest absolute Gasteiger partial charge is 0.416 e. The van der Waals surface area contributed by atoms with Crippen molar-refractivity contribution in [2.24, 2.45) is 0 Å². The summed E-state index contributed by atoms with van der Waals surface area (Å²) in [6.45, 7) is -0.413. The molecule has 21 heavy (non-hydrogen) atoms. The van der Waals surface area contributed by atoms with Gasteiger partial charge in [-0.3, -0.25) is 0 Å². The molecule has 0 unspecified atom stereocenters. The predicted molar refractivity (Wildman–Crippen MR) is 66.3 cm³/mol. The maximum Gasteiger partial charge on any atom is 0.416 e. The zero-order chi connectivity index (χ0) is 15.3. The third-order valence-corrected chi connectivity index (χ3v) is 2.60. The number of nitrogens with zero attached hydrogens (tertiary/aromatic N) is 2. The minimum Gasteiger partial charge on any atom is -0.473 e. The topological polar surface area (TPSA) is 55.1 Å². The number of halogens is 3. The summed E-state index contributed by atoms with van der Waals surface area (Å²) in [4.78, 5) is 3.85. The van der Waals surface area contributed by atoms with E-state index in [9.17, 15) is 13.2 Å². The zero-order valence-corrected chi connectivity index (χ0v) is 10.6. The predicted octanol–water partition coefficient (Wildman–Crippen LogP) is 3.54. The summed E-state index contributed by atoms with van der Waals surface area (Å²) in [5.41, 5.74) is -1.16. The number of alkyl halides is 3. The van der Waals surface area contributed by atoms with Crippen molar-refractivity contribution in [1.82, 2.24) is 4.98 Å². The summed E-state index contributed by atoms with van der Waals surface area (Å²) in [7, 11) is 0. The summed E-state index contributed by atoms with van der Waals surface area (Å²) in [5, 5.41) is 8.52. The van der Waals surface area contributed by atoms with Crippen molar-refractivity contribution < 1.29 is 22.6 Å². The SMILES string of the molecule is N#COc1cccc(C(F)(F)F)c1COc1ccccn1. The third kappa shape index (κ3) is 3.63. The van der Waals surface area contributed by atoms with Gasteiger partial charge in [0, 0.05) is 17.8 Å². The first-order chi connectivity index (χ1) is 10.0. The number of rotatable bonds is 4. The lowest BCUT2D eigenvalue weighted by atomic mass is 10.1. The first-order valence-electron chi connectivity index (χ1n) is 5.81. The molecule has 2 rings (SSSR count). The van der Waals surface area contributed by atoms with Crippen LogP contribution in [0.15, 0.2) is 42.6 Å². The van der Waals surface area contributed by atoms with Crippen LogP contribution in [0.2, 0.25) is 0 Å². The fraction of sp³-hybridized carbons (Fsp3) is 0.143. The molecule has 0 aliphatic rings. The molecular formula is C14H9F3N2O2. The minimum absolute atomic E-state index is 0.178. The summed E-state index contributed by atoms with van der Waals surface area (Å²) in [5.74, 6) is -0.0133. The first-order valence-corrected chi connectivity index (χ1v) is 5.81. The summed E-state index contributed by atoms with van der Waals surface area (Å²) < 4.78 is 48.7. The van der Waals surface area contributed by atoms with Gasteiger partial charge in [0.05, 0.1) is 5.56 Å². The number of aromatic nitrogens is 1. The van der Waals surface area contributed by atoms with Crippen LogP contribution in [0.4, 0.5) is 13.2 Å². The van der Waals surface area contributed by atoms with Gasteiger partial charge in [-0.05, 0) is 18.2 Å². The molecule has 0 radical (unpaired) electrons. The molecule has 0 fully saturated rings. The lowest BCUT2D eigenvalue weighted by molar-refractivity contribution is -0.138. The minimum atomic E-state index is -4.57. The number of nitriles is 1. The quantitative estimate of drug-likeness (QED) is 0.809. The Labute approximate surface area is 118 Å². The molecular weight excluding hydrogens is 285 g/mol. The average Bonchev–Trinajstić information content (AvgIpc) is 2.46. The second-order valence-electron chi connectivity index (χ2n) is 3.93. The Hall–Kier alpha value is -2.75. The van der Waals surface area contributed by atoms with E-state index in [-0.39, 0.29) is 17.2 Å². The van der Waals surface area contributed by atoms with E-state index < -0.39 is 18.3 Å². The Morgan fingerprint density at radius 1 is 1.14 bits per heavy atom. The monoisotopic (exact) mass is 294 g/mol. The van der Waals surface area contributed by atoms with Crippen LogP contribution in [-0.2, 0) is 12.8 Å². The largest absolute Gasteiger partial charge is 0.473 e. The highest BCUT2D eigenvalue weighted by Gasteiger charge is 2.35. The van der Waals surface area contributed by atoms with Crippen LogP contribution in [0.1, 0.15) is 11.1 Å². The molecule has 0 saturated heterocycles. The second-order valence-corrected chi connectivity index (χ2v) is 3.93. The summed E-state index contributed by atoms with van der Waals surface area (Å²) >= 11 is 0. The van der Waals surface area contributed by atoms with Gasteiger partial charge in [-0.1, -0.05) is 12.1 Å². The van der Waals surface area contributed by atoms with Crippen molar-refractivity contribution in [2.45, 2.75) is 12.8 Å². The van der Waals surface area contributed by atoms with Gasteiger partial charge in [0.15, 0.2) is 0 Å². The maximum atomic E-state index is 13.0. The fourth-order valence-corrected chi connectivity index (χ4v) is 1.70. The number of benzene rings is 1. The summed E-state index contributed by atoms with van der Waals surface area (Å²) in [6.07, 6.45) is -1.75. The molecule has 0 N–H and O–H groups in total. The van der Waals surface area contributed by atoms with Crippen LogP contribution in [0.25, 0.3) is 0 Å².